The molecule has 19 heavy (non-hydrogen) atoms. The average Bonchev–Trinajstić information content (AvgIpc) is 2.41. The fraction of sp³-hybridized carbons (Fsp3) is 0.500. The van der Waals surface area contributed by atoms with Crippen LogP contribution in [0.25, 0.3) is 0 Å². The number of hydrogen-bond donors (Lipinski definition) is 0. The maximum absolute atomic E-state index is 10.9. The van der Waals surface area contributed by atoms with E-state index in [-0.39, 0.29) is 29.4 Å². The zero-order chi connectivity index (χ0) is 13.7. The summed E-state index contributed by atoms with van der Waals surface area (Å²) in [5.41, 5.74) is -0.141. The first-order valence-corrected chi connectivity index (χ1v) is 6.35. The molecule has 2 rings (SSSR count). The lowest BCUT2D eigenvalue weighted by molar-refractivity contribution is -0.385. The Morgan fingerprint density at radius 1 is 1.42 bits per heavy atom. The van der Waals surface area contributed by atoms with Gasteiger partial charge in [-0.25, -0.2) is 0 Å². The summed E-state index contributed by atoms with van der Waals surface area (Å²) in [6.45, 7) is 1.57. The molecular weight excluding hydrogens is 274 g/mol. The highest BCUT2D eigenvalue weighted by molar-refractivity contribution is 6.32. The van der Waals surface area contributed by atoms with Crippen LogP contribution in [-0.4, -0.2) is 31.0 Å². The fourth-order valence-corrected chi connectivity index (χ4v) is 1.97. The van der Waals surface area contributed by atoms with Gasteiger partial charge < -0.3 is 14.2 Å². The van der Waals surface area contributed by atoms with E-state index in [1.807, 2.05) is 0 Å². The highest BCUT2D eigenvalue weighted by Crippen LogP contribution is 2.34. The summed E-state index contributed by atoms with van der Waals surface area (Å²) in [6.07, 6.45) is 1.07. The van der Waals surface area contributed by atoms with E-state index in [1.165, 1.54) is 12.1 Å². The van der Waals surface area contributed by atoms with Gasteiger partial charge in [0.25, 0.3) is 0 Å². The third-order valence-corrected chi connectivity index (χ3v) is 2.94. The van der Waals surface area contributed by atoms with Crippen molar-refractivity contribution in [2.24, 2.45) is 0 Å². The molecule has 0 unspecified atom stereocenters. The quantitative estimate of drug-likeness (QED) is 0.615. The number of nitro groups is 1. The lowest BCUT2D eigenvalue weighted by Crippen LogP contribution is -2.26. The van der Waals surface area contributed by atoms with Crippen LogP contribution >= 0.6 is 11.6 Å². The molecule has 0 spiro atoms. The third-order valence-electron chi connectivity index (χ3n) is 2.64. The van der Waals surface area contributed by atoms with Crippen molar-refractivity contribution in [1.82, 2.24) is 0 Å². The van der Waals surface area contributed by atoms with Crippen LogP contribution in [0.1, 0.15) is 12.8 Å². The molecule has 0 aliphatic carbocycles. The first kappa shape index (κ1) is 14.0. The number of rotatable bonds is 5. The van der Waals surface area contributed by atoms with E-state index in [1.54, 1.807) is 6.07 Å². The first-order valence-electron chi connectivity index (χ1n) is 5.97. The van der Waals surface area contributed by atoms with Crippen LogP contribution in [-0.2, 0) is 9.47 Å². The van der Waals surface area contributed by atoms with Gasteiger partial charge in [-0.2, -0.15) is 0 Å². The SMILES string of the molecule is O=[N+]([O-])c1cccc(Cl)c1OCCC1OCCCO1. The maximum Gasteiger partial charge on any atom is 0.312 e. The topological polar surface area (TPSA) is 70.8 Å². The van der Waals surface area contributed by atoms with Crippen molar-refractivity contribution in [2.45, 2.75) is 19.1 Å². The van der Waals surface area contributed by atoms with E-state index < -0.39 is 4.92 Å². The van der Waals surface area contributed by atoms with E-state index in [2.05, 4.69) is 0 Å². The molecular formula is C12H14ClNO5. The number of nitrogens with zero attached hydrogens (tertiary/aromatic N) is 1. The lowest BCUT2D eigenvalue weighted by atomic mass is 10.3. The second-order valence-corrected chi connectivity index (χ2v) is 4.41. The highest BCUT2D eigenvalue weighted by atomic mass is 35.5. The van der Waals surface area contributed by atoms with Gasteiger partial charge in [0.05, 0.1) is 29.8 Å². The van der Waals surface area contributed by atoms with Gasteiger partial charge in [0, 0.05) is 12.5 Å². The second kappa shape index (κ2) is 6.70. The lowest BCUT2D eigenvalue weighted by Gasteiger charge is -2.23. The van der Waals surface area contributed by atoms with E-state index >= 15 is 0 Å². The molecule has 0 amide bonds. The van der Waals surface area contributed by atoms with Crippen LogP contribution in [0.5, 0.6) is 5.75 Å². The molecule has 1 aliphatic heterocycles. The van der Waals surface area contributed by atoms with Gasteiger partial charge in [-0.1, -0.05) is 17.7 Å². The minimum atomic E-state index is -0.519. The number of ether oxygens (including phenoxy) is 3. The molecule has 7 heteroatoms. The van der Waals surface area contributed by atoms with Crippen LogP contribution < -0.4 is 4.74 Å². The zero-order valence-corrected chi connectivity index (χ0v) is 11.0. The summed E-state index contributed by atoms with van der Waals surface area (Å²) in [5, 5.41) is 11.1. The van der Waals surface area contributed by atoms with Crippen molar-refractivity contribution >= 4 is 17.3 Å². The van der Waals surface area contributed by atoms with E-state index in [0.717, 1.165) is 6.42 Å². The smallest absolute Gasteiger partial charge is 0.312 e. The van der Waals surface area contributed by atoms with Crippen molar-refractivity contribution in [3.05, 3.63) is 33.3 Å². The summed E-state index contributed by atoms with van der Waals surface area (Å²) >= 11 is 5.90. The number of para-hydroxylation sites is 1. The van der Waals surface area contributed by atoms with Gasteiger partial charge in [-0.3, -0.25) is 10.1 Å². The molecule has 0 N–H and O–H groups in total. The van der Waals surface area contributed by atoms with Gasteiger partial charge in [0.15, 0.2) is 6.29 Å². The molecule has 1 aliphatic rings. The molecule has 0 aromatic heterocycles. The van der Waals surface area contributed by atoms with Crippen molar-refractivity contribution < 1.29 is 19.1 Å². The fourth-order valence-electron chi connectivity index (χ4n) is 1.74. The van der Waals surface area contributed by atoms with Gasteiger partial charge in [-0.05, 0) is 12.5 Å². The van der Waals surface area contributed by atoms with Gasteiger partial charge in [-0.15, -0.1) is 0 Å². The summed E-state index contributed by atoms with van der Waals surface area (Å²) in [4.78, 5) is 10.3. The van der Waals surface area contributed by atoms with Gasteiger partial charge in [0.2, 0.25) is 5.75 Å². The second-order valence-electron chi connectivity index (χ2n) is 4.01. The Kier molecular flexibility index (Phi) is 4.95. The van der Waals surface area contributed by atoms with E-state index in [9.17, 15) is 10.1 Å². The monoisotopic (exact) mass is 287 g/mol. The van der Waals surface area contributed by atoms with Crippen LogP contribution in [0, 0.1) is 10.1 Å². The Labute approximate surface area is 115 Å². The molecule has 0 atom stereocenters. The molecule has 0 radical (unpaired) electrons. The Hall–Kier alpha value is -1.37. The van der Waals surface area contributed by atoms with Crippen molar-refractivity contribution in [3.8, 4) is 5.75 Å². The Bertz CT molecular complexity index is 448. The minimum Gasteiger partial charge on any atom is -0.486 e. The molecule has 1 saturated heterocycles. The van der Waals surface area contributed by atoms with Crippen molar-refractivity contribution in [2.75, 3.05) is 19.8 Å². The highest BCUT2D eigenvalue weighted by Gasteiger charge is 2.19. The number of benzene rings is 1. The van der Waals surface area contributed by atoms with E-state index in [0.29, 0.717) is 19.6 Å². The van der Waals surface area contributed by atoms with Gasteiger partial charge >= 0.3 is 5.69 Å². The summed E-state index contributed by atoms with van der Waals surface area (Å²) in [5.74, 6) is 0.0879. The molecule has 6 nitrogen and oxygen atoms in total. The van der Waals surface area contributed by atoms with Crippen molar-refractivity contribution in [1.29, 1.82) is 0 Å². The molecule has 0 bridgehead atoms. The van der Waals surface area contributed by atoms with Crippen LogP contribution in [0.15, 0.2) is 18.2 Å². The Morgan fingerprint density at radius 2 is 2.16 bits per heavy atom. The average molecular weight is 288 g/mol. The molecule has 1 heterocycles. The Balaban J connectivity index is 1.93. The number of halogens is 1. The zero-order valence-electron chi connectivity index (χ0n) is 10.2. The number of nitro benzene ring substituents is 1. The summed E-state index contributed by atoms with van der Waals surface area (Å²) < 4.78 is 16.1. The summed E-state index contributed by atoms with van der Waals surface area (Å²) in [7, 11) is 0. The predicted molar refractivity (Wildman–Crippen MR) is 68.5 cm³/mol. The third kappa shape index (κ3) is 3.79. The van der Waals surface area contributed by atoms with Crippen LogP contribution in [0.2, 0.25) is 5.02 Å². The van der Waals surface area contributed by atoms with Crippen LogP contribution in [0.3, 0.4) is 0 Å². The number of hydrogen-bond acceptors (Lipinski definition) is 5. The minimum absolute atomic E-state index is 0.0879. The molecule has 1 aromatic rings. The largest absolute Gasteiger partial charge is 0.486 e. The molecule has 1 aromatic carbocycles. The van der Waals surface area contributed by atoms with Gasteiger partial charge in [0.1, 0.15) is 0 Å². The standard InChI is InChI=1S/C12H14ClNO5/c13-9-3-1-4-10(14(15)16)12(9)19-8-5-11-17-6-2-7-18-11/h1,3-4,11H,2,5-8H2. The first-order chi connectivity index (χ1) is 9.18. The normalized spacial score (nSPS) is 16.3. The maximum atomic E-state index is 10.9. The molecule has 0 saturated carbocycles. The van der Waals surface area contributed by atoms with Crippen LogP contribution in [0.4, 0.5) is 5.69 Å². The molecule has 1 fully saturated rings. The Morgan fingerprint density at radius 3 is 2.84 bits per heavy atom. The van der Waals surface area contributed by atoms with Crippen molar-refractivity contribution in [3.63, 3.8) is 0 Å². The van der Waals surface area contributed by atoms with E-state index in [4.69, 9.17) is 25.8 Å². The molecule has 104 valence electrons. The summed E-state index contributed by atoms with van der Waals surface area (Å²) in [6, 6.07) is 4.42. The predicted octanol–water partition coefficient (Wildman–Crippen LogP) is 2.78.